The van der Waals surface area contributed by atoms with E-state index in [1.807, 2.05) is 30.3 Å². The van der Waals surface area contributed by atoms with Crippen LogP contribution in [0.15, 0.2) is 36.0 Å². The van der Waals surface area contributed by atoms with Crippen molar-refractivity contribution in [2.75, 3.05) is 13.7 Å². The van der Waals surface area contributed by atoms with Crippen LogP contribution in [-0.2, 0) is 14.3 Å². The molecular formula is C14H17NO3. The fraction of sp³-hybridized carbons (Fsp3) is 0.286. The van der Waals surface area contributed by atoms with E-state index in [0.29, 0.717) is 5.70 Å². The molecule has 96 valence electrons. The van der Waals surface area contributed by atoms with E-state index in [1.165, 1.54) is 0 Å². The highest BCUT2D eigenvalue weighted by Gasteiger charge is 2.14. The van der Waals surface area contributed by atoms with Crippen LogP contribution in [-0.4, -0.2) is 25.4 Å². The van der Waals surface area contributed by atoms with Gasteiger partial charge in [-0.1, -0.05) is 30.3 Å². The topological polar surface area (TPSA) is 55.4 Å². The molecule has 4 heteroatoms. The van der Waals surface area contributed by atoms with Gasteiger partial charge >= 0.3 is 5.97 Å². The average Bonchev–Trinajstić information content (AvgIpc) is 2.37. The number of hydrogen-bond donors (Lipinski definition) is 1. The molecule has 0 aliphatic carbocycles. The third-order valence-electron chi connectivity index (χ3n) is 2.29. The van der Waals surface area contributed by atoms with Gasteiger partial charge in [0.15, 0.2) is 5.78 Å². The van der Waals surface area contributed by atoms with Crippen molar-refractivity contribution in [1.82, 2.24) is 5.32 Å². The smallest absolute Gasteiger partial charge is 0.313 e. The van der Waals surface area contributed by atoms with Crippen LogP contribution in [0.25, 0.3) is 6.08 Å². The maximum atomic E-state index is 11.8. The predicted octanol–water partition coefficient (Wildman–Crippen LogP) is 1.77. The van der Waals surface area contributed by atoms with E-state index >= 15 is 0 Å². The first-order valence-electron chi connectivity index (χ1n) is 5.80. The lowest BCUT2D eigenvalue weighted by Gasteiger charge is -2.06. The molecule has 0 saturated carbocycles. The number of esters is 1. The summed E-state index contributed by atoms with van der Waals surface area (Å²) in [5.41, 5.74) is 1.30. The Balaban J connectivity index is 2.74. The number of likely N-dealkylation sites (N-methyl/N-ethyl adjacent to an activating group) is 1. The molecule has 0 amide bonds. The number of ketones is 1. The molecule has 0 fully saturated rings. The summed E-state index contributed by atoms with van der Waals surface area (Å²) in [5, 5.41) is 2.80. The Bertz CT molecular complexity index is 438. The van der Waals surface area contributed by atoms with Crippen molar-refractivity contribution >= 4 is 17.8 Å². The normalized spacial score (nSPS) is 10.9. The first kappa shape index (κ1) is 14.0. The minimum absolute atomic E-state index is 0.243. The van der Waals surface area contributed by atoms with Crippen molar-refractivity contribution in [2.24, 2.45) is 0 Å². The summed E-state index contributed by atoms with van der Waals surface area (Å²) < 4.78 is 4.74. The summed E-state index contributed by atoms with van der Waals surface area (Å²) in [6.07, 6.45) is 1.47. The second kappa shape index (κ2) is 7.27. The number of hydrogen-bond acceptors (Lipinski definition) is 4. The molecule has 1 rings (SSSR count). The number of Topliss-reactive ketones (excluding diaryl/α,β-unsaturated/α-hetero) is 1. The Morgan fingerprint density at radius 1 is 1.28 bits per heavy atom. The van der Waals surface area contributed by atoms with Crippen molar-refractivity contribution < 1.29 is 14.3 Å². The van der Waals surface area contributed by atoms with Crippen molar-refractivity contribution in [1.29, 1.82) is 0 Å². The van der Waals surface area contributed by atoms with Gasteiger partial charge in [0, 0.05) is 7.05 Å². The molecule has 4 nitrogen and oxygen atoms in total. The number of benzene rings is 1. The van der Waals surface area contributed by atoms with Crippen LogP contribution in [0.2, 0.25) is 0 Å². The Hall–Kier alpha value is -2.10. The van der Waals surface area contributed by atoms with Gasteiger partial charge in [0.1, 0.15) is 6.42 Å². The monoisotopic (exact) mass is 247 g/mol. The highest BCUT2D eigenvalue weighted by Crippen LogP contribution is 2.07. The number of nitrogens with one attached hydrogen (secondary N) is 1. The number of allylic oxidation sites excluding steroid dienone is 1. The van der Waals surface area contributed by atoms with Gasteiger partial charge in [-0.05, 0) is 18.6 Å². The fourth-order valence-corrected chi connectivity index (χ4v) is 1.45. The SMILES string of the molecule is CCOC(=O)CC(=O)C(=Cc1ccccc1)NC. The van der Waals surface area contributed by atoms with Gasteiger partial charge in [0.25, 0.3) is 0 Å². The first-order chi connectivity index (χ1) is 8.67. The molecule has 0 atom stereocenters. The van der Waals surface area contributed by atoms with E-state index in [4.69, 9.17) is 4.74 Å². The van der Waals surface area contributed by atoms with Crippen molar-refractivity contribution in [2.45, 2.75) is 13.3 Å². The highest BCUT2D eigenvalue weighted by molar-refractivity contribution is 6.07. The molecule has 0 aliphatic heterocycles. The van der Waals surface area contributed by atoms with Crippen molar-refractivity contribution in [3.05, 3.63) is 41.6 Å². The molecule has 18 heavy (non-hydrogen) atoms. The Morgan fingerprint density at radius 2 is 1.94 bits per heavy atom. The molecule has 0 saturated heterocycles. The second-order valence-electron chi connectivity index (χ2n) is 3.62. The molecule has 0 unspecified atom stereocenters. The van der Waals surface area contributed by atoms with E-state index < -0.39 is 5.97 Å². The molecule has 1 aromatic rings. The third kappa shape index (κ3) is 4.41. The Kier molecular flexibility index (Phi) is 5.64. The van der Waals surface area contributed by atoms with Crippen LogP contribution in [0.3, 0.4) is 0 Å². The number of carbonyl (C=O) groups is 2. The molecular weight excluding hydrogens is 230 g/mol. The van der Waals surface area contributed by atoms with Crippen LogP contribution in [0.4, 0.5) is 0 Å². The van der Waals surface area contributed by atoms with Crippen LogP contribution in [0.1, 0.15) is 18.9 Å². The predicted molar refractivity (Wildman–Crippen MR) is 69.7 cm³/mol. The highest BCUT2D eigenvalue weighted by atomic mass is 16.5. The van der Waals surface area contributed by atoms with Gasteiger partial charge in [-0.3, -0.25) is 9.59 Å². The minimum Gasteiger partial charge on any atom is -0.466 e. The first-order valence-corrected chi connectivity index (χ1v) is 5.80. The molecule has 1 aromatic carbocycles. The van der Waals surface area contributed by atoms with Crippen LogP contribution in [0, 0.1) is 0 Å². The number of ether oxygens (including phenoxy) is 1. The number of rotatable bonds is 6. The molecule has 0 aliphatic rings. The van der Waals surface area contributed by atoms with Gasteiger partial charge in [-0.25, -0.2) is 0 Å². The third-order valence-corrected chi connectivity index (χ3v) is 2.29. The molecule has 0 aromatic heterocycles. The zero-order chi connectivity index (χ0) is 13.4. The van der Waals surface area contributed by atoms with Gasteiger partial charge in [-0.2, -0.15) is 0 Å². The van der Waals surface area contributed by atoms with E-state index in [9.17, 15) is 9.59 Å². The molecule has 0 bridgehead atoms. The van der Waals surface area contributed by atoms with Crippen LogP contribution in [0.5, 0.6) is 0 Å². The summed E-state index contributed by atoms with van der Waals surface area (Å²) in [7, 11) is 1.65. The zero-order valence-electron chi connectivity index (χ0n) is 10.6. The quantitative estimate of drug-likeness (QED) is 0.473. The molecule has 0 spiro atoms. The lowest BCUT2D eigenvalue weighted by molar-refractivity contribution is -0.145. The van der Waals surface area contributed by atoms with E-state index in [0.717, 1.165) is 5.56 Å². The van der Waals surface area contributed by atoms with E-state index in [1.54, 1.807) is 20.0 Å². The van der Waals surface area contributed by atoms with Gasteiger partial charge < -0.3 is 10.1 Å². The van der Waals surface area contributed by atoms with Crippen LogP contribution >= 0.6 is 0 Å². The number of carbonyl (C=O) groups excluding carboxylic acids is 2. The van der Waals surface area contributed by atoms with Crippen molar-refractivity contribution in [3.8, 4) is 0 Å². The zero-order valence-corrected chi connectivity index (χ0v) is 10.6. The average molecular weight is 247 g/mol. The molecule has 0 radical (unpaired) electrons. The summed E-state index contributed by atoms with van der Waals surface area (Å²) in [6.45, 7) is 1.99. The lowest BCUT2D eigenvalue weighted by atomic mass is 10.1. The second-order valence-corrected chi connectivity index (χ2v) is 3.62. The maximum Gasteiger partial charge on any atom is 0.313 e. The van der Waals surface area contributed by atoms with Crippen LogP contribution < -0.4 is 5.32 Å². The lowest BCUT2D eigenvalue weighted by Crippen LogP contribution is -2.20. The molecule has 1 N–H and O–H groups in total. The minimum atomic E-state index is -0.503. The van der Waals surface area contributed by atoms with Gasteiger partial charge in [0.2, 0.25) is 0 Å². The largest absolute Gasteiger partial charge is 0.466 e. The fourth-order valence-electron chi connectivity index (χ4n) is 1.45. The molecule has 0 heterocycles. The van der Waals surface area contributed by atoms with E-state index in [-0.39, 0.29) is 18.8 Å². The summed E-state index contributed by atoms with van der Waals surface area (Å²) in [4.78, 5) is 23.1. The standard InChI is InChI=1S/C14H17NO3/c1-3-18-14(17)10-13(16)12(15-2)9-11-7-5-4-6-8-11/h4-9,15H,3,10H2,1-2H3. The summed E-state index contributed by atoms with van der Waals surface area (Å²) in [5.74, 6) is -0.781. The van der Waals surface area contributed by atoms with Crippen molar-refractivity contribution in [3.63, 3.8) is 0 Å². The summed E-state index contributed by atoms with van der Waals surface area (Å²) in [6, 6.07) is 9.44. The van der Waals surface area contributed by atoms with Gasteiger partial charge in [-0.15, -0.1) is 0 Å². The van der Waals surface area contributed by atoms with E-state index in [2.05, 4.69) is 5.32 Å². The summed E-state index contributed by atoms with van der Waals surface area (Å²) >= 11 is 0. The maximum absolute atomic E-state index is 11.8. The van der Waals surface area contributed by atoms with Gasteiger partial charge in [0.05, 0.1) is 12.3 Å². The Labute approximate surface area is 107 Å². The Morgan fingerprint density at radius 3 is 2.50 bits per heavy atom.